The Morgan fingerprint density at radius 2 is 1.66 bits per heavy atom. The highest BCUT2D eigenvalue weighted by atomic mass is 32.2. The molecule has 0 spiro atoms. The molecule has 2 heterocycles. The van der Waals surface area contributed by atoms with Gasteiger partial charge in [0.25, 0.3) is 5.91 Å². The highest BCUT2D eigenvalue weighted by molar-refractivity contribution is 7.89. The fourth-order valence-electron chi connectivity index (χ4n) is 3.73. The van der Waals surface area contributed by atoms with E-state index < -0.39 is 45.2 Å². The van der Waals surface area contributed by atoms with Gasteiger partial charge in [0.1, 0.15) is 5.56 Å². The number of halogens is 6. The molecule has 4 aromatic rings. The number of nitrogens with one attached hydrogen (secondary N) is 2. The van der Waals surface area contributed by atoms with Crippen LogP contribution in [0, 0.1) is 0 Å². The third-order valence-corrected chi connectivity index (χ3v) is 7.23. The molecule has 41 heavy (non-hydrogen) atoms. The number of amides is 1. The number of carbonyl (C=O) groups excluding carboxylic acids is 1. The lowest BCUT2D eigenvalue weighted by Crippen LogP contribution is -2.31. The van der Waals surface area contributed by atoms with Crippen molar-refractivity contribution in [2.45, 2.75) is 17.2 Å². The zero-order valence-corrected chi connectivity index (χ0v) is 22.2. The number of hydrogen-bond donors (Lipinski definition) is 2. The number of aromatic nitrogens is 3. The van der Waals surface area contributed by atoms with Gasteiger partial charge in [0.2, 0.25) is 10.0 Å². The van der Waals surface area contributed by atoms with Crippen molar-refractivity contribution < 1.29 is 39.6 Å². The van der Waals surface area contributed by atoms with Crippen molar-refractivity contribution in [3.05, 3.63) is 77.6 Å². The van der Waals surface area contributed by atoms with Gasteiger partial charge in [-0.1, -0.05) is 18.2 Å². The molecule has 218 valence electrons. The number of anilines is 1. The Balaban J connectivity index is 1.69. The summed E-state index contributed by atoms with van der Waals surface area (Å²) in [5, 5.41) is 6.07. The second-order valence-electron chi connectivity index (χ2n) is 9.08. The van der Waals surface area contributed by atoms with E-state index in [4.69, 9.17) is 0 Å². The Hall–Kier alpha value is -4.02. The summed E-state index contributed by atoms with van der Waals surface area (Å²) in [4.78, 5) is 18.8. The molecule has 9 nitrogen and oxygen atoms in total. The maximum absolute atomic E-state index is 13.9. The molecule has 0 aliphatic rings. The summed E-state index contributed by atoms with van der Waals surface area (Å²) >= 11 is 0. The number of fused-ring (bicyclic) bond motifs is 1. The van der Waals surface area contributed by atoms with Crippen LogP contribution < -0.4 is 10.0 Å². The summed E-state index contributed by atoms with van der Waals surface area (Å²) in [5.41, 5.74) is -3.58. The minimum absolute atomic E-state index is 0.0276. The second-order valence-corrected chi connectivity index (χ2v) is 10.8. The van der Waals surface area contributed by atoms with Crippen LogP contribution in [0.2, 0.25) is 0 Å². The van der Waals surface area contributed by atoms with Crippen molar-refractivity contribution in [3.8, 4) is 11.3 Å². The summed E-state index contributed by atoms with van der Waals surface area (Å²) in [6.07, 6.45) is -8.75. The van der Waals surface area contributed by atoms with E-state index in [1.54, 1.807) is 19.0 Å². The number of benzene rings is 2. The molecule has 1 amide bonds. The molecular formula is C25H22F6N6O3S. The van der Waals surface area contributed by atoms with Gasteiger partial charge in [0, 0.05) is 24.3 Å². The van der Waals surface area contributed by atoms with Gasteiger partial charge in [0.05, 0.1) is 22.3 Å². The van der Waals surface area contributed by atoms with Crippen LogP contribution in [0.25, 0.3) is 16.9 Å². The predicted octanol–water partition coefficient (Wildman–Crippen LogP) is 4.53. The first-order chi connectivity index (χ1) is 19.1. The van der Waals surface area contributed by atoms with Crippen LogP contribution in [0.15, 0.2) is 65.7 Å². The number of likely N-dealkylation sites (N-methyl/N-ethyl adjacent to an activating group) is 1. The summed E-state index contributed by atoms with van der Waals surface area (Å²) in [5.74, 6) is -0.944. The van der Waals surface area contributed by atoms with E-state index in [0.29, 0.717) is 29.3 Å². The van der Waals surface area contributed by atoms with E-state index in [0.717, 1.165) is 18.3 Å². The standard InChI is InChI=1S/C25H22F6N6O3S/c1-36(2)11-10-33-41(39,40)18-5-3-4-17(12-18)34-23(38)19-14-32-37-21(25(29,30)31)13-20(35-22(19)37)15-6-8-16(9-7-15)24(26,27)28/h3-9,12-14,33H,10-11H2,1-2H3,(H,34,38). The predicted molar refractivity (Wildman–Crippen MR) is 137 cm³/mol. The molecule has 0 aliphatic heterocycles. The van der Waals surface area contributed by atoms with Crippen LogP contribution in [-0.4, -0.2) is 61.0 Å². The molecular weight excluding hydrogens is 578 g/mol. The summed E-state index contributed by atoms with van der Waals surface area (Å²) < 4.78 is 108. The SMILES string of the molecule is CN(C)CCNS(=O)(=O)c1cccc(NC(=O)c2cnn3c(C(F)(F)F)cc(-c4ccc(C(F)(F)F)cc4)nc23)c1. The van der Waals surface area contributed by atoms with E-state index in [1.807, 2.05) is 0 Å². The Kier molecular flexibility index (Phi) is 8.11. The number of hydrogen-bond acceptors (Lipinski definition) is 6. The molecule has 0 radical (unpaired) electrons. The highest BCUT2D eigenvalue weighted by Crippen LogP contribution is 2.34. The van der Waals surface area contributed by atoms with E-state index in [1.165, 1.54) is 24.3 Å². The van der Waals surface area contributed by atoms with Gasteiger partial charge in [-0.2, -0.15) is 31.4 Å². The van der Waals surface area contributed by atoms with Crippen molar-refractivity contribution >= 4 is 27.3 Å². The molecule has 0 fully saturated rings. The quantitative estimate of drug-likeness (QED) is 0.288. The van der Waals surface area contributed by atoms with Crippen molar-refractivity contribution in [1.82, 2.24) is 24.2 Å². The summed E-state index contributed by atoms with van der Waals surface area (Å²) in [6, 6.07) is 9.18. The van der Waals surface area contributed by atoms with Crippen LogP contribution >= 0.6 is 0 Å². The first kappa shape index (κ1) is 30.0. The van der Waals surface area contributed by atoms with Gasteiger partial charge in [-0.15, -0.1) is 0 Å². The summed E-state index contributed by atoms with van der Waals surface area (Å²) in [7, 11) is -0.390. The Morgan fingerprint density at radius 3 is 2.27 bits per heavy atom. The van der Waals surface area contributed by atoms with Crippen LogP contribution in [-0.2, 0) is 22.4 Å². The molecule has 2 aromatic carbocycles. The number of alkyl halides is 6. The Labute approximate surface area is 229 Å². The normalized spacial score (nSPS) is 12.7. The Morgan fingerprint density at radius 1 is 0.976 bits per heavy atom. The van der Waals surface area contributed by atoms with Gasteiger partial charge in [0.15, 0.2) is 11.3 Å². The Bertz CT molecular complexity index is 1680. The molecule has 0 saturated heterocycles. The lowest BCUT2D eigenvalue weighted by Gasteiger charge is -2.13. The number of rotatable bonds is 8. The average Bonchev–Trinajstić information content (AvgIpc) is 3.31. The highest BCUT2D eigenvalue weighted by Gasteiger charge is 2.36. The molecule has 4 rings (SSSR count). The maximum Gasteiger partial charge on any atom is 0.433 e. The van der Waals surface area contributed by atoms with Crippen LogP contribution in [0.4, 0.5) is 32.0 Å². The van der Waals surface area contributed by atoms with E-state index in [9.17, 15) is 39.6 Å². The third kappa shape index (κ3) is 6.83. The van der Waals surface area contributed by atoms with Crippen molar-refractivity contribution in [2.75, 3.05) is 32.5 Å². The smallest absolute Gasteiger partial charge is 0.322 e. The zero-order valence-electron chi connectivity index (χ0n) is 21.4. The minimum atomic E-state index is -4.95. The summed E-state index contributed by atoms with van der Waals surface area (Å²) in [6.45, 7) is 0.564. The van der Waals surface area contributed by atoms with Crippen LogP contribution in [0.5, 0.6) is 0 Å². The van der Waals surface area contributed by atoms with Crippen molar-refractivity contribution in [1.29, 1.82) is 0 Å². The maximum atomic E-state index is 13.9. The fourth-order valence-corrected chi connectivity index (χ4v) is 4.80. The van der Waals surface area contributed by atoms with Crippen LogP contribution in [0.1, 0.15) is 21.6 Å². The van der Waals surface area contributed by atoms with Gasteiger partial charge in [-0.05, 0) is 50.5 Å². The van der Waals surface area contributed by atoms with Crippen molar-refractivity contribution in [2.24, 2.45) is 0 Å². The second kappa shape index (κ2) is 11.1. The monoisotopic (exact) mass is 600 g/mol. The van der Waals surface area contributed by atoms with Crippen LogP contribution in [0.3, 0.4) is 0 Å². The molecule has 16 heteroatoms. The number of nitrogens with zero attached hydrogens (tertiary/aromatic N) is 4. The van der Waals surface area contributed by atoms with E-state index in [2.05, 4.69) is 20.1 Å². The molecule has 2 N–H and O–H groups in total. The zero-order chi connectivity index (χ0) is 30.2. The van der Waals surface area contributed by atoms with E-state index >= 15 is 0 Å². The van der Waals surface area contributed by atoms with Gasteiger partial charge in [-0.25, -0.2) is 22.6 Å². The lowest BCUT2D eigenvalue weighted by atomic mass is 10.1. The largest absolute Gasteiger partial charge is 0.433 e. The molecule has 0 unspecified atom stereocenters. The van der Waals surface area contributed by atoms with Gasteiger partial charge >= 0.3 is 12.4 Å². The third-order valence-electron chi connectivity index (χ3n) is 5.77. The first-order valence-corrected chi connectivity index (χ1v) is 13.2. The number of carbonyl (C=O) groups is 1. The molecule has 0 bridgehead atoms. The molecule has 0 saturated carbocycles. The fraction of sp³-hybridized carbons (Fsp3) is 0.240. The van der Waals surface area contributed by atoms with Gasteiger partial charge < -0.3 is 10.2 Å². The van der Waals surface area contributed by atoms with E-state index in [-0.39, 0.29) is 33.9 Å². The topological polar surface area (TPSA) is 109 Å². The molecule has 0 atom stereocenters. The average molecular weight is 601 g/mol. The number of sulfonamides is 1. The molecule has 0 aliphatic carbocycles. The first-order valence-electron chi connectivity index (χ1n) is 11.8. The van der Waals surface area contributed by atoms with Gasteiger partial charge in [-0.3, -0.25) is 4.79 Å². The van der Waals surface area contributed by atoms with Crippen molar-refractivity contribution in [3.63, 3.8) is 0 Å². The molecule has 2 aromatic heterocycles. The lowest BCUT2D eigenvalue weighted by molar-refractivity contribution is -0.142. The minimum Gasteiger partial charge on any atom is -0.322 e.